The predicted molar refractivity (Wildman–Crippen MR) is 132 cm³/mol. The number of carboxylic acid groups (broad SMARTS) is 1. The van der Waals surface area contributed by atoms with Gasteiger partial charge in [-0.25, -0.2) is 9.59 Å². The number of nitrogens with zero attached hydrogens (tertiary/aromatic N) is 1. The third-order valence-corrected chi connectivity index (χ3v) is 4.67. The highest BCUT2D eigenvalue weighted by Gasteiger charge is 2.30. The van der Waals surface area contributed by atoms with Crippen molar-refractivity contribution in [2.24, 2.45) is 16.5 Å². The van der Waals surface area contributed by atoms with Crippen molar-refractivity contribution in [1.29, 1.82) is 0 Å². The fourth-order valence-electron chi connectivity index (χ4n) is 3.01. The third-order valence-electron chi connectivity index (χ3n) is 4.67. The zero-order valence-corrected chi connectivity index (χ0v) is 20.7. The highest BCUT2D eigenvalue weighted by atomic mass is 16.6. The van der Waals surface area contributed by atoms with Crippen molar-refractivity contribution in [3.8, 4) is 0 Å². The van der Waals surface area contributed by atoms with Gasteiger partial charge in [-0.3, -0.25) is 14.6 Å². The molecule has 3 atom stereocenters. The molecule has 0 heterocycles. The number of carbonyl (C=O) groups is 4. The van der Waals surface area contributed by atoms with Crippen molar-refractivity contribution in [3.63, 3.8) is 0 Å². The number of hydrogen-bond donors (Lipinski definition) is 7. The molecule has 0 aromatic heterocycles. The van der Waals surface area contributed by atoms with Gasteiger partial charge in [-0.2, -0.15) is 0 Å². The van der Waals surface area contributed by atoms with E-state index in [-0.39, 0.29) is 31.8 Å². The second-order valence-electron chi connectivity index (χ2n) is 8.98. The van der Waals surface area contributed by atoms with E-state index in [2.05, 4.69) is 20.9 Å². The lowest BCUT2D eigenvalue weighted by molar-refractivity contribution is -0.142. The fraction of sp³-hybridized carbons (Fsp3) is 0.522. The second kappa shape index (κ2) is 14.5. The van der Waals surface area contributed by atoms with Crippen molar-refractivity contribution in [1.82, 2.24) is 16.0 Å². The van der Waals surface area contributed by atoms with E-state index in [4.69, 9.17) is 16.2 Å². The zero-order valence-electron chi connectivity index (χ0n) is 20.7. The number of alkyl carbamates (subject to hydrolysis) is 1. The van der Waals surface area contributed by atoms with Crippen LogP contribution in [0.25, 0.3) is 0 Å². The molecule has 0 radical (unpaired) electrons. The van der Waals surface area contributed by atoms with Crippen LogP contribution in [0, 0.1) is 0 Å². The Morgan fingerprint density at radius 1 is 0.972 bits per heavy atom. The lowest BCUT2D eigenvalue weighted by Crippen LogP contribution is -2.57. The molecule has 0 aliphatic carbocycles. The summed E-state index contributed by atoms with van der Waals surface area (Å²) in [5, 5.41) is 26.2. The van der Waals surface area contributed by atoms with Crippen molar-refractivity contribution >= 4 is 29.8 Å². The lowest BCUT2D eigenvalue weighted by Gasteiger charge is -2.25. The maximum atomic E-state index is 13.0. The molecule has 36 heavy (non-hydrogen) atoms. The Morgan fingerprint density at radius 3 is 2.08 bits per heavy atom. The molecular formula is C23H36N6O7. The van der Waals surface area contributed by atoms with E-state index in [1.165, 1.54) is 0 Å². The summed E-state index contributed by atoms with van der Waals surface area (Å²) in [7, 11) is 0. The standard InChI is InChI=1S/C23H36N6O7/c1-23(2,3)36-22(35)29-16(12-14-8-5-4-6-9-14)18(31)28-17(13-30)19(32)27-15(20(33)34)10-7-11-26-21(24)25/h4-6,8-9,15-17,30H,7,10-13H2,1-3H3,(H,27,32)(H,28,31)(H,29,35)(H,33,34)(H4,24,25,26)/t15-,16-,17-/m0/s1. The second-order valence-corrected chi connectivity index (χ2v) is 8.98. The van der Waals surface area contributed by atoms with Crippen LogP contribution in [-0.4, -0.2) is 76.9 Å². The van der Waals surface area contributed by atoms with Crippen LogP contribution in [0.4, 0.5) is 4.79 Å². The van der Waals surface area contributed by atoms with Crippen LogP contribution in [0.1, 0.15) is 39.2 Å². The number of ether oxygens (including phenoxy) is 1. The molecule has 0 aliphatic heterocycles. The van der Waals surface area contributed by atoms with Crippen LogP contribution in [0.2, 0.25) is 0 Å². The maximum Gasteiger partial charge on any atom is 0.408 e. The molecule has 0 saturated carbocycles. The predicted octanol–water partition coefficient (Wildman–Crippen LogP) is -0.777. The number of benzene rings is 1. The molecule has 1 rings (SSSR count). The molecule has 0 spiro atoms. The number of aliphatic carboxylic acids is 1. The van der Waals surface area contributed by atoms with E-state index in [1.54, 1.807) is 51.1 Å². The number of aliphatic imine (C=N–C) groups is 1. The topological polar surface area (TPSA) is 218 Å². The molecule has 1 aromatic carbocycles. The average Bonchev–Trinajstić information content (AvgIpc) is 2.77. The highest BCUT2D eigenvalue weighted by Crippen LogP contribution is 2.09. The summed E-state index contributed by atoms with van der Waals surface area (Å²) in [6, 6.07) is 4.94. The van der Waals surface area contributed by atoms with Crippen LogP contribution in [0.15, 0.2) is 35.3 Å². The summed E-state index contributed by atoms with van der Waals surface area (Å²) in [6.07, 6.45) is -0.477. The van der Waals surface area contributed by atoms with Gasteiger partial charge in [0.05, 0.1) is 6.61 Å². The summed E-state index contributed by atoms with van der Waals surface area (Å²) >= 11 is 0. The average molecular weight is 509 g/mol. The summed E-state index contributed by atoms with van der Waals surface area (Å²) in [6.45, 7) is 4.37. The van der Waals surface area contributed by atoms with Crippen LogP contribution >= 0.6 is 0 Å². The summed E-state index contributed by atoms with van der Waals surface area (Å²) in [5.74, 6) is -3.11. The van der Waals surface area contributed by atoms with Crippen molar-refractivity contribution < 1.29 is 34.1 Å². The number of rotatable bonds is 13. The largest absolute Gasteiger partial charge is 0.480 e. The maximum absolute atomic E-state index is 13.0. The molecular weight excluding hydrogens is 472 g/mol. The van der Waals surface area contributed by atoms with Gasteiger partial charge in [0.25, 0.3) is 0 Å². The van der Waals surface area contributed by atoms with Gasteiger partial charge >= 0.3 is 12.1 Å². The normalized spacial score (nSPS) is 13.4. The Hall–Kier alpha value is -3.87. The SMILES string of the molecule is CC(C)(C)OC(=O)N[C@@H](Cc1ccccc1)C(=O)N[C@@H](CO)C(=O)N[C@@H](CCCN=C(N)N)C(=O)O. The molecule has 0 aliphatic rings. The Labute approximate surface area is 209 Å². The van der Waals surface area contributed by atoms with Crippen molar-refractivity contribution in [2.45, 2.75) is 63.8 Å². The molecule has 0 unspecified atom stereocenters. The summed E-state index contributed by atoms with van der Waals surface area (Å²) < 4.78 is 5.23. The van der Waals surface area contributed by atoms with Gasteiger partial charge in [-0.15, -0.1) is 0 Å². The summed E-state index contributed by atoms with van der Waals surface area (Å²) in [4.78, 5) is 53.2. The first-order valence-electron chi connectivity index (χ1n) is 11.4. The Morgan fingerprint density at radius 2 is 1.56 bits per heavy atom. The monoisotopic (exact) mass is 508 g/mol. The van der Waals surface area contributed by atoms with E-state index in [1.807, 2.05) is 0 Å². The van der Waals surface area contributed by atoms with Crippen LogP contribution in [0.3, 0.4) is 0 Å². The number of carboxylic acids is 1. The number of aliphatic hydroxyl groups excluding tert-OH is 1. The minimum absolute atomic E-state index is 0.0147. The van der Waals surface area contributed by atoms with E-state index >= 15 is 0 Å². The van der Waals surface area contributed by atoms with Crippen molar-refractivity contribution in [2.75, 3.05) is 13.2 Å². The van der Waals surface area contributed by atoms with Crippen molar-refractivity contribution in [3.05, 3.63) is 35.9 Å². The van der Waals surface area contributed by atoms with E-state index in [0.717, 1.165) is 5.56 Å². The van der Waals surface area contributed by atoms with E-state index in [9.17, 15) is 29.4 Å². The lowest BCUT2D eigenvalue weighted by atomic mass is 10.0. The van der Waals surface area contributed by atoms with Gasteiger partial charge in [0.2, 0.25) is 11.8 Å². The number of hydrogen-bond acceptors (Lipinski definition) is 7. The van der Waals surface area contributed by atoms with Gasteiger partial charge in [0.1, 0.15) is 23.7 Å². The number of amides is 3. The van der Waals surface area contributed by atoms with Crippen LogP contribution in [-0.2, 0) is 25.5 Å². The molecule has 0 saturated heterocycles. The Bertz CT molecular complexity index is 913. The smallest absolute Gasteiger partial charge is 0.408 e. The first-order chi connectivity index (χ1) is 16.8. The number of nitrogens with one attached hydrogen (secondary N) is 3. The van der Waals surface area contributed by atoms with E-state index < -0.39 is 54.2 Å². The minimum atomic E-state index is -1.46. The summed E-state index contributed by atoms with van der Waals surface area (Å²) in [5.41, 5.74) is 10.4. The molecule has 200 valence electrons. The van der Waals surface area contributed by atoms with Gasteiger partial charge in [-0.05, 0) is 39.2 Å². The van der Waals surface area contributed by atoms with Crippen LogP contribution < -0.4 is 27.4 Å². The van der Waals surface area contributed by atoms with E-state index in [0.29, 0.717) is 0 Å². The number of aliphatic hydroxyl groups is 1. The first kappa shape index (κ1) is 30.2. The molecule has 0 bridgehead atoms. The molecule has 3 amide bonds. The fourth-order valence-corrected chi connectivity index (χ4v) is 3.01. The molecule has 1 aromatic rings. The zero-order chi connectivity index (χ0) is 27.3. The Balaban J connectivity index is 2.90. The number of guanidine groups is 1. The number of nitrogens with two attached hydrogens (primary N) is 2. The third kappa shape index (κ3) is 12.0. The Kier molecular flexibility index (Phi) is 12.2. The molecule has 13 heteroatoms. The quantitative estimate of drug-likeness (QED) is 0.101. The highest BCUT2D eigenvalue weighted by molar-refractivity contribution is 5.93. The first-order valence-corrected chi connectivity index (χ1v) is 11.4. The van der Waals surface area contributed by atoms with Gasteiger partial charge < -0.3 is 42.4 Å². The van der Waals surface area contributed by atoms with Gasteiger partial charge in [-0.1, -0.05) is 30.3 Å². The van der Waals surface area contributed by atoms with Gasteiger partial charge in [0, 0.05) is 13.0 Å². The minimum Gasteiger partial charge on any atom is -0.480 e. The molecule has 0 fully saturated rings. The number of carbonyl (C=O) groups excluding carboxylic acids is 3. The molecule has 13 nitrogen and oxygen atoms in total. The van der Waals surface area contributed by atoms with Crippen LogP contribution in [0.5, 0.6) is 0 Å². The van der Waals surface area contributed by atoms with Gasteiger partial charge in [0.15, 0.2) is 5.96 Å². The molecule has 9 N–H and O–H groups in total.